The molecule has 20 heavy (non-hydrogen) atoms. The molecule has 116 valence electrons. The highest BCUT2D eigenvalue weighted by Crippen LogP contribution is 2.16. The van der Waals surface area contributed by atoms with Crippen molar-refractivity contribution < 1.29 is 4.42 Å². The van der Waals surface area contributed by atoms with Crippen molar-refractivity contribution in [1.29, 1.82) is 0 Å². The van der Waals surface area contributed by atoms with E-state index in [0.29, 0.717) is 5.92 Å². The summed E-state index contributed by atoms with van der Waals surface area (Å²) in [5.41, 5.74) is 1.26. The minimum Gasteiger partial charge on any atom is -0.463 e. The quantitative estimate of drug-likeness (QED) is 0.658. The maximum absolute atomic E-state index is 5.97. The molecule has 0 fully saturated rings. The van der Waals surface area contributed by atoms with Gasteiger partial charge in [-0.05, 0) is 51.0 Å². The zero-order chi connectivity index (χ0) is 15.0. The van der Waals surface area contributed by atoms with Gasteiger partial charge in [0.1, 0.15) is 11.5 Å². The van der Waals surface area contributed by atoms with Crippen molar-refractivity contribution in [2.75, 3.05) is 20.1 Å². The fourth-order valence-corrected chi connectivity index (χ4v) is 2.29. The first-order valence-corrected chi connectivity index (χ1v) is 8.00. The lowest BCUT2D eigenvalue weighted by Crippen LogP contribution is -2.19. The van der Waals surface area contributed by atoms with E-state index in [9.17, 15) is 0 Å². The molecule has 0 aliphatic carbocycles. The van der Waals surface area contributed by atoms with Crippen LogP contribution in [0.15, 0.2) is 10.5 Å². The van der Waals surface area contributed by atoms with E-state index in [4.69, 9.17) is 4.42 Å². The Morgan fingerprint density at radius 1 is 1.30 bits per heavy atom. The molecule has 3 heteroatoms. The van der Waals surface area contributed by atoms with E-state index in [1.165, 1.54) is 24.8 Å². The van der Waals surface area contributed by atoms with Crippen molar-refractivity contribution in [3.05, 3.63) is 23.2 Å². The number of aryl methyl sites for hydroxylation is 1. The molecule has 0 atom stereocenters. The smallest absolute Gasteiger partial charge is 0.120 e. The summed E-state index contributed by atoms with van der Waals surface area (Å²) in [6.45, 7) is 12.7. The van der Waals surface area contributed by atoms with Crippen LogP contribution in [-0.4, -0.2) is 25.0 Å². The molecular weight excluding hydrogens is 248 g/mol. The molecular formula is C17H32N2O. The van der Waals surface area contributed by atoms with Crippen LogP contribution in [0.4, 0.5) is 0 Å². The van der Waals surface area contributed by atoms with Gasteiger partial charge >= 0.3 is 0 Å². The van der Waals surface area contributed by atoms with Crippen molar-refractivity contribution in [3.8, 4) is 0 Å². The molecule has 0 aromatic carbocycles. The van der Waals surface area contributed by atoms with Crippen molar-refractivity contribution in [1.82, 2.24) is 10.2 Å². The SMILES string of the molecule is CCCCCN(C)Cc1cc(C)c(CNCC(C)C)o1. The molecule has 0 bridgehead atoms. The lowest BCUT2D eigenvalue weighted by Gasteiger charge is -2.14. The molecule has 1 heterocycles. The van der Waals surface area contributed by atoms with Gasteiger partial charge in [0.05, 0.1) is 13.1 Å². The number of unbranched alkanes of at least 4 members (excludes halogenated alkanes) is 2. The Kier molecular flexibility index (Phi) is 7.93. The number of nitrogens with one attached hydrogen (secondary N) is 1. The van der Waals surface area contributed by atoms with Crippen molar-refractivity contribution in [2.45, 2.75) is 60.0 Å². The van der Waals surface area contributed by atoms with Gasteiger partial charge in [-0.1, -0.05) is 33.6 Å². The Morgan fingerprint density at radius 3 is 2.70 bits per heavy atom. The molecule has 0 saturated heterocycles. The molecule has 0 aliphatic heterocycles. The van der Waals surface area contributed by atoms with E-state index in [2.05, 4.69) is 51.0 Å². The van der Waals surface area contributed by atoms with Gasteiger partial charge < -0.3 is 9.73 Å². The normalized spacial score (nSPS) is 11.8. The van der Waals surface area contributed by atoms with Crippen molar-refractivity contribution in [3.63, 3.8) is 0 Å². The summed E-state index contributed by atoms with van der Waals surface area (Å²) in [6, 6.07) is 2.18. The Balaban J connectivity index is 2.39. The first-order valence-electron chi connectivity index (χ1n) is 8.00. The third-order valence-corrected chi connectivity index (χ3v) is 3.48. The average molecular weight is 280 g/mol. The van der Waals surface area contributed by atoms with Gasteiger partial charge in [-0.2, -0.15) is 0 Å². The summed E-state index contributed by atoms with van der Waals surface area (Å²) in [5.74, 6) is 2.85. The molecule has 0 radical (unpaired) electrons. The van der Waals surface area contributed by atoms with E-state index in [1.807, 2.05) is 0 Å². The number of hydrogen-bond acceptors (Lipinski definition) is 3. The summed E-state index contributed by atoms with van der Waals surface area (Å²) in [7, 11) is 2.17. The number of hydrogen-bond donors (Lipinski definition) is 1. The first-order chi connectivity index (χ1) is 9.52. The van der Waals surface area contributed by atoms with Gasteiger partial charge in [0.15, 0.2) is 0 Å². The predicted molar refractivity (Wildman–Crippen MR) is 85.8 cm³/mol. The second-order valence-electron chi connectivity index (χ2n) is 6.29. The van der Waals surface area contributed by atoms with Gasteiger partial charge in [-0.25, -0.2) is 0 Å². The number of rotatable bonds is 10. The van der Waals surface area contributed by atoms with E-state index in [0.717, 1.165) is 37.7 Å². The van der Waals surface area contributed by atoms with E-state index < -0.39 is 0 Å². The second-order valence-corrected chi connectivity index (χ2v) is 6.29. The molecule has 0 spiro atoms. The Bertz CT molecular complexity index is 371. The molecule has 1 N–H and O–H groups in total. The van der Waals surface area contributed by atoms with Crippen LogP contribution in [0.3, 0.4) is 0 Å². The number of nitrogens with zero attached hydrogens (tertiary/aromatic N) is 1. The van der Waals surface area contributed by atoms with Gasteiger partial charge in [-0.15, -0.1) is 0 Å². The highest BCUT2D eigenvalue weighted by Gasteiger charge is 2.09. The second kappa shape index (κ2) is 9.19. The fraction of sp³-hybridized carbons (Fsp3) is 0.765. The van der Waals surface area contributed by atoms with Gasteiger partial charge in [0, 0.05) is 0 Å². The van der Waals surface area contributed by atoms with Crippen LogP contribution in [0.25, 0.3) is 0 Å². The number of furan rings is 1. The van der Waals surface area contributed by atoms with E-state index in [-0.39, 0.29) is 0 Å². The van der Waals surface area contributed by atoms with Gasteiger partial charge in [-0.3, -0.25) is 4.90 Å². The van der Waals surface area contributed by atoms with Gasteiger partial charge in [0.2, 0.25) is 0 Å². The molecule has 0 saturated carbocycles. The minimum atomic E-state index is 0.675. The Labute approximate surface area is 124 Å². The molecule has 3 nitrogen and oxygen atoms in total. The summed E-state index contributed by atoms with van der Waals surface area (Å²) in [4.78, 5) is 2.35. The Hall–Kier alpha value is -0.800. The molecule has 0 amide bonds. The third-order valence-electron chi connectivity index (χ3n) is 3.48. The standard InChI is InChI=1S/C17H32N2O/c1-6-7-8-9-19(5)13-16-10-15(4)17(20-16)12-18-11-14(2)3/h10,14,18H,6-9,11-13H2,1-5H3. The summed E-state index contributed by atoms with van der Waals surface area (Å²) in [6.07, 6.45) is 3.86. The topological polar surface area (TPSA) is 28.4 Å². The maximum Gasteiger partial charge on any atom is 0.120 e. The molecule has 1 rings (SSSR count). The van der Waals surface area contributed by atoms with Crippen LogP contribution in [0.5, 0.6) is 0 Å². The lowest BCUT2D eigenvalue weighted by atomic mass is 10.2. The summed E-state index contributed by atoms with van der Waals surface area (Å²) in [5, 5.41) is 3.44. The maximum atomic E-state index is 5.97. The predicted octanol–water partition coefficient (Wildman–Crippen LogP) is 3.96. The van der Waals surface area contributed by atoms with Crippen LogP contribution >= 0.6 is 0 Å². The third kappa shape index (κ3) is 6.58. The highest BCUT2D eigenvalue weighted by atomic mass is 16.3. The van der Waals surface area contributed by atoms with Crippen LogP contribution < -0.4 is 5.32 Å². The minimum absolute atomic E-state index is 0.675. The zero-order valence-electron chi connectivity index (χ0n) is 14.0. The Morgan fingerprint density at radius 2 is 2.05 bits per heavy atom. The summed E-state index contributed by atoms with van der Waals surface area (Å²) >= 11 is 0. The van der Waals surface area contributed by atoms with Crippen LogP contribution in [-0.2, 0) is 13.1 Å². The van der Waals surface area contributed by atoms with E-state index in [1.54, 1.807) is 0 Å². The molecule has 1 aromatic rings. The lowest BCUT2D eigenvalue weighted by molar-refractivity contribution is 0.283. The monoisotopic (exact) mass is 280 g/mol. The van der Waals surface area contributed by atoms with Crippen molar-refractivity contribution in [2.24, 2.45) is 5.92 Å². The summed E-state index contributed by atoms with van der Waals surface area (Å²) < 4.78 is 5.97. The molecule has 0 aliphatic rings. The molecule has 0 unspecified atom stereocenters. The first kappa shape index (κ1) is 17.3. The largest absolute Gasteiger partial charge is 0.463 e. The highest BCUT2D eigenvalue weighted by molar-refractivity contribution is 5.20. The van der Waals surface area contributed by atoms with Crippen LogP contribution in [0, 0.1) is 12.8 Å². The average Bonchev–Trinajstić information content (AvgIpc) is 2.69. The molecule has 1 aromatic heterocycles. The van der Waals surface area contributed by atoms with Crippen LogP contribution in [0.1, 0.15) is 57.1 Å². The van der Waals surface area contributed by atoms with Crippen molar-refractivity contribution >= 4 is 0 Å². The zero-order valence-corrected chi connectivity index (χ0v) is 14.0. The van der Waals surface area contributed by atoms with Gasteiger partial charge in [0.25, 0.3) is 0 Å². The fourth-order valence-electron chi connectivity index (χ4n) is 2.29. The van der Waals surface area contributed by atoms with E-state index >= 15 is 0 Å². The van der Waals surface area contributed by atoms with Crippen LogP contribution in [0.2, 0.25) is 0 Å².